The molecule has 0 bridgehead atoms. The zero-order chi connectivity index (χ0) is 13.2. The van der Waals surface area contributed by atoms with Gasteiger partial charge in [0.05, 0.1) is 6.20 Å². The second-order valence-electron chi connectivity index (χ2n) is 5.20. The summed E-state index contributed by atoms with van der Waals surface area (Å²) in [5.41, 5.74) is 0.302. The molecule has 7 heteroatoms. The monoisotopic (exact) mass is 263 g/mol. The third-order valence-corrected chi connectivity index (χ3v) is 3.72. The van der Waals surface area contributed by atoms with Crippen LogP contribution in [-0.2, 0) is 4.79 Å². The van der Waals surface area contributed by atoms with Crippen molar-refractivity contribution in [2.45, 2.75) is 31.7 Å². The van der Waals surface area contributed by atoms with E-state index < -0.39 is 0 Å². The van der Waals surface area contributed by atoms with Crippen LogP contribution in [0.1, 0.15) is 36.2 Å². The van der Waals surface area contributed by atoms with Crippen LogP contribution < -0.4 is 5.32 Å². The van der Waals surface area contributed by atoms with Crippen LogP contribution in [-0.4, -0.2) is 51.3 Å². The quantitative estimate of drug-likeness (QED) is 0.799. The van der Waals surface area contributed by atoms with Gasteiger partial charge in [-0.1, -0.05) is 0 Å². The average molecular weight is 263 g/mol. The molecule has 1 aliphatic heterocycles. The minimum atomic E-state index is -0.208. The summed E-state index contributed by atoms with van der Waals surface area (Å²) < 4.78 is 0. The summed E-state index contributed by atoms with van der Waals surface area (Å²) >= 11 is 0. The molecule has 1 saturated heterocycles. The first-order valence-electron chi connectivity index (χ1n) is 6.69. The molecule has 7 nitrogen and oxygen atoms in total. The van der Waals surface area contributed by atoms with Gasteiger partial charge in [0.2, 0.25) is 5.91 Å². The van der Waals surface area contributed by atoms with E-state index in [4.69, 9.17) is 0 Å². The number of H-pyrrole nitrogens is 1. The summed E-state index contributed by atoms with van der Waals surface area (Å²) in [6.07, 6.45) is 5.11. The summed E-state index contributed by atoms with van der Waals surface area (Å²) in [4.78, 5) is 25.6. The highest BCUT2D eigenvalue weighted by Gasteiger charge is 2.35. The number of amides is 2. The number of nitrogens with zero attached hydrogens (tertiary/aromatic N) is 3. The van der Waals surface area contributed by atoms with Crippen molar-refractivity contribution in [3.8, 4) is 0 Å². The molecule has 0 unspecified atom stereocenters. The predicted octanol–water partition coefficient (Wildman–Crippen LogP) is -0.0645. The third kappa shape index (κ3) is 2.74. The van der Waals surface area contributed by atoms with Crippen molar-refractivity contribution in [2.75, 3.05) is 13.1 Å². The maximum atomic E-state index is 11.9. The minimum Gasteiger partial charge on any atom is -0.348 e. The molecule has 2 amide bonds. The smallest absolute Gasteiger partial charge is 0.273 e. The Morgan fingerprint density at radius 2 is 2.00 bits per heavy atom. The molecule has 1 saturated carbocycles. The molecule has 0 atom stereocenters. The number of aromatic nitrogens is 3. The molecule has 3 rings (SSSR count). The first-order chi connectivity index (χ1) is 9.24. The number of rotatable bonds is 3. The fraction of sp³-hybridized carbons (Fsp3) is 0.667. The van der Waals surface area contributed by atoms with Gasteiger partial charge in [-0.2, -0.15) is 15.4 Å². The maximum Gasteiger partial charge on any atom is 0.273 e. The van der Waals surface area contributed by atoms with Crippen molar-refractivity contribution >= 4 is 11.8 Å². The van der Waals surface area contributed by atoms with Crippen molar-refractivity contribution in [2.24, 2.45) is 5.92 Å². The SMILES string of the molecule is O=C(NC1CCN(C(=O)C2CC2)CC1)c1cn[nH]n1. The van der Waals surface area contributed by atoms with Gasteiger partial charge < -0.3 is 10.2 Å². The van der Waals surface area contributed by atoms with Gasteiger partial charge in [-0.15, -0.1) is 0 Å². The number of aromatic amines is 1. The molecule has 1 aliphatic carbocycles. The Morgan fingerprint density at radius 3 is 2.58 bits per heavy atom. The van der Waals surface area contributed by atoms with E-state index in [0.717, 1.165) is 38.8 Å². The normalized spacial score (nSPS) is 20.3. The van der Waals surface area contributed by atoms with Crippen molar-refractivity contribution in [1.29, 1.82) is 0 Å². The van der Waals surface area contributed by atoms with E-state index in [1.165, 1.54) is 6.20 Å². The van der Waals surface area contributed by atoms with E-state index in [0.29, 0.717) is 11.6 Å². The second-order valence-corrected chi connectivity index (χ2v) is 5.20. The zero-order valence-electron chi connectivity index (χ0n) is 10.6. The summed E-state index contributed by atoms with van der Waals surface area (Å²) in [7, 11) is 0. The maximum absolute atomic E-state index is 11.9. The first kappa shape index (κ1) is 12.1. The molecule has 0 aromatic carbocycles. The average Bonchev–Trinajstić information content (AvgIpc) is 3.13. The molecular formula is C12H17N5O2. The van der Waals surface area contributed by atoms with Crippen LogP contribution in [0.4, 0.5) is 0 Å². The Labute approximate surface area is 110 Å². The summed E-state index contributed by atoms with van der Waals surface area (Å²) in [5.74, 6) is 0.364. The Morgan fingerprint density at radius 1 is 1.26 bits per heavy atom. The van der Waals surface area contributed by atoms with Crippen LogP contribution in [0.15, 0.2) is 6.20 Å². The van der Waals surface area contributed by atoms with Gasteiger partial charge in [0.15, 0.2) is 5.69 Å². The summed E-state index contributed by atoms with van der Waals surface area (Å²) in [5, 5.41) is 12.7. The topological polar surface area (TPSA) is 91.0 Å². The summed E-state index contributed by atoms with van der Waals surface area (Å²) in [6, 6.07) is 0.118. The Balaban J connectivity index is 1.47. The molecule has 2 fully saturated rings. The number of carbonyl (C=O) groups excluding carboxylic acids is 2. The van der Waals surface area contributed by atoms with E-state index in [-0.39, 0.29) is 17.9 Å². The molecule has 19 heavy (non-hydrogen) atoms. The lowest BCUT2D eigenvalue weighted by Gasteiger charge is -2.32. The predicted molar refractivity (Wildman–Crippen MR) is 66.2 cm³/mol. The lowest BCUT2D eigenvalue weighted by molar-refractivity contribution is -0.133. The van der Waals surface area contributed by atoms with E-state index in [1.54, 1.807) is 0 Å². The molecule has 2 N–H and O–H groups in total. The van der Waals surface area contributed by atoms with Crippen molar-refractivity contribution < 1.29 is 9.59 Å². The zero-order valence-corrected chi connectivity index (χ0v) is 10.6. The fourth-order valence-corrected chi connectivity index (χ4v) is 2.40. The molecule has 0 radical (unpaired) electrons. The number of hydrogen-bond donors (Lipinski definition) is 2. The van der Waals surface area contributed by atoms with Gasteiger partial charge in [0, 0.05) is 25.0 Å². The summed E-state index contributed by atoms with van der Waals surface area (Å²) in [6.45, 7) is 1.47. The number of piperidine rings is 1. The molecular weight excluding hydrogens is 246 g/mol. The van der Waals surface area contributed by atoms with Crippen LogP contribution in [0, 0.1) is 5.92 Å². The standard InChI is InChI=1S/C12H17N5O2/c18-11(10-7-13-16-15-10)14-9-3-5-17(6-4-9)12(19)8-1-2-8/h7-9H,1-6H2,(H,14,18)(H,13,15,16). The second kappa shape index (κ2) is 4.99. The van der Waals surface area contributed by atoms with Crippen molar-refractivity contribution in [1.82, 2.24) is 25.6 Å². The minimum absolute atomic E-state index is 0.118. The van der Waals surface area contributed by atoms with E-state index >= 15 is 0 Å². The lowest BCUT2D eigenvalue weighted by Crippen LogP contribution is -2.47. The van der Waals surface area contributed by atoms with Gasteiger partial charge >= 0.3 is 0 Å². The van der Waals surface area contributed by atoms with Crippen molar-refractivity contribution in [3.63, 3.8) is 0 Å². The highest BCUT2D eigenvalue weighted by atomic mass is 16.2. The molecule has 2 aliphatic rings. The van der Waals surface area contributed by atoms with Gasteiger partial charge in [-0.3, -0.25) is 9.59 Å². The van der Waals surface area contributed by atoms with E-state index in [1.807, 2.05) is 4.90 Å². The molecule has 102 valence electrons. The number of carbonyl (C=O) groups is 2. The van der Waals surface area contributed by atoms with Crippen LogP contribution in [0.5, 0.6) is 0 Å². The van der Waals surface area contributed by atoms with Crippen LogP contribution >= 0.6 is 0 Å². The van der Waals surface area contributed by atoms with E-state index in [2.05, 4.69) is 20.7 Å². The van der Waals surface area contributed by atoms with Gasteiger partial charge in [-0.05, 0) is 25.7 Å². The number of nitrogens with one attached hydrogen (secondary N) is 2. The van der Waals surface area contributed by atoms with Crippen LogP contribution in [0.3, 0.4) is 0 Å². The molecule has 1 aromatic rings. The van der Waals surface area contributed by atoms with Crippen LogP contribution in [0.25, 0.3) is 0 Å². The largest absolute Gasteiger partial charge is 0.348 e. The highest BCUT2D eigenvalue weighted by Crippen LogP contribution is 2.31. The third-order valence-electron chi connectivity index (χ3n) is 3.72. The molecule has 2 heterocycles. The number of hydrogen-bond acceptors (Lipinski definition) is 4. The Bertz CT molecular complexity index is 460. The first-order valence-corrected chi connectivity index (χ1v) is 6.69. The van der Waals surface area contributed by atoms with Gasteiger partial charge in [0.1, 0.15) is 0 Å². The van der Waals surface area contributed by atoms with E-state index in [9.17, 15) is 9.59 Å². The number of likely N-dealkylation sites (tertiary alicyclic amines) is 1. The van der Waals surface area contributed by atoms with Gasteiger partial charge in [-0.25, -0.2) is 0 Å². The highest BCUT2D eigenvalue weighted by molar-refractivity contribution is 5.92. The molecule has 0 spiro atoms. The Kier molecular flexibility index (Phi) is 3.18. The van der Waals surface area contributed by atoms with Crippen molar-refractivity contribution in [3.05, 3.63) is 11.9 Å². The molecule has 1 aromatic heterocycles. The van der Waals surface area contributed by atoms with Crippen LogP contribution in [0.2, 0.25) is 0 Å². The fourth-order valence-electron chi connectivity index (χ4n) is 2.40. The lowest BCUT2D eigenvalue weighted by atomic mass is 10.0. The Hall–Kier alpha value is -1.92. The van der Waals surface area contributed by atoms with Gasteiger partial charge in [0.25, 0.3) is 5.91 Å².